The van der Waals surface area contributed by atoms with Crippen LogP contribution in [0.3, 0.4) is 0 Å². The van der Waals surface area contributed by atoms with E-state index in [4.69, 9.17) is 14.0 Å². The van der Waals surface area contributed by atoms with Crippen LogP contribution in [0, 0.1) is 0 Å². The minimum Gasteiger partial charge on any atom is -0.494 e. The molecule has 29 heavy (non-hydrogen) atoms. The Morgan fingerprint density at radius 2 is 1.93 bits per heavy atom. The zero-order chi connectivity index (χ0) is 19.6. The van der Waals surface area contributed by atoms with Gasteiger partial charge in [0.1, 0.15) is 11.9 Å². The predicted octanol–water partition coefficient (Wildman–Crippen LogP) is 3.67. The first-order valence-electron chi connectivity index (χ1n) is 9.48. The van der Waals surface area contributed by atoms with E-state index in [1.807, 2.05) is 66.2 Å². The highest BCUT2D eigenvalue weighted by atomic mass is 16.5. The van der Waals surface area contributed by atoms with Crippen LogP contribution in [-0.4, -0.2) is 31.7 Å². The van der Waals surface area contributed by atoms with Crippen LogP contribution in [0.1, 0.15) is 24.3 Å². The smallest absolute Gasteiger partial charge is 0.280 e. The summed E-state index contributed by atoms with van der Waals surface area (Å²) in [5.41, 5.74) is 3.34. The number of nitrogens with zero attached hydrogens (tertiary/aromatic N) is 5. The Balaban J connectivity index is 1.36. The van der Waals surface area contributed by atoms with Crippen LogP contribution in [0.4, 0.5) is 0 Å². The van der Waals surface area contributed by atoms with E-state index in [9.17, 15) is 0 Å². The highest BCUT2D eigenvalue weighted by Crippen LogP contribution is 2.31. The van der Waals surface area contributed by atoms with E-state index in [1.165, 1.54) is 0 Å². The normalized spacial score (nSPS) is 15.8. The lowest BCUT2D eigenvalue weighted by molar-refractivity contribution is -0.00119. The van der Waals surface area contributed by atoms with Crippen molar-refractivity contribution < 1.29 is 14.0 Å². The van der Waals surface area contributed by atoms with Crippen molar-refractivity contribution in [2.24, 2.45) is 0 Å². The molecule has 146 valence electrons. The van der Waals surface area contributed by atoms with Crippen LogP contribution in [-0.2, 0) is 17.9 Å². The second-order valence-electron chi connectivity index (χ2n) is 6.66. The molecule has 0 bridgehead atoms. The number of rotatable bonds is 5. The topological polar surface area (TPSA) is 88.1 Å². The SMILES string of the molecule is CCOc1ccc(C2Cn3nnc(-c4nc(-c5ccccc5)no4)c3CO2)cc1. The summed E-state index contributed by atoms with van der Waals surface area (Å²) in [5.74, 6) is 1.71. The second kappa shape index (κ2) is 7.48. The summed E-state index contributed by atoms with van der Waals surface area (Å²) in [6, 6.07) is 17.6. The largest absolute Gasteiger partial charge is 0.494 e. The molecule has 0 spiro atoms. The van der Waals surface area contributed by atoms with Crippen LogP contribution in [0.15, 0.2) is 59.1 Å². The predicted molar refractivity (Wildman–Crippen MR) is 104 cm³/mol. The van der Waals surface area contributed by atoms with Crippen molar-refractivity contribution in [2.45, 2.75) is 26.2 Å². The molecule has 2 aromatic carbocycles. The molecule has 0 fully saturated rings. The number of benzene rings is 2. The van der Waals surface area contributed by atoms with Crippen molar-refractivity contribution in [3.63, 3.8) is 0 Å². The van der Waals surface area contributed by atoms with E-state index in [0.29, 0.717) is 37.2 Å². The minimum atomic E-state index is -0.102. The summed E-state index contributed by atoms with van der Waals surface area (Å²) in [4.78, 5) is 4.47. The average Bonchev–Trinajstić information content (AvgIpc) is 3.42. The molecule has 0 saturated carbocycles. The number of aromatic nitrogens is 5. The molecule has 1 unspecified atom stereocenters. The lowest BCUT2D eigenvalue weighted by Gasteiger charge is -2.24. The summed E-state index contributed by atoms with van der Waals surface area (Å²) in [7, 11) is 0. The van der Waals surface area contributed by atoms with Gasteiger partial charge in [-0.2, -0.15) is 4.98 Å². The molecule has 4 aromatic rings. The van der Waals surface area contributed by atoms with Gasteiger partial charge < -0.3 is 14.0 Å². The van der Waals surface area contributed by atoms with Crippen molar-refractivity contribution in [2.75, 3.05) is 6.61 Å². The highest BCUT2D eigenvalue weighted by molar-refractivity contribution is 5.58. The van der Waals surface area contributed by atoms with Crippen LogP contribution < -0.4 is 4.74 Å². The van der Waals surface area contributed by atoms with E-state index in [2.05, 4.69) is 20.5 Å². The standard InChI is InChI=1S/C21H19N5O3/c1-2-27-16-10-8-14(9-11-16)18-12-26-17(13-28-18)19(23-25-26)21-22-20(24-29-21)15-6-4-3-5-7-15/h3-11,18H,2,12-13H2,1H3. The highest BCUT2D eigenvalue weighted by Gasteiger charge is 2.28. The monoisotopic (exact) mass is 389 g/mol. The lowest BCUT2D eigenvalue weighted by atomic mass is 10.1. The molecule has 8 nitrogen and oxygen atoms in total. The Bertz CT molecular complexity index is 1110. The van der Waals surface area contributed by atoms with Gasteiger partial charge in [0.15, 0.2) is 5.69 Å². The van der Waals surface area contributed by atoms with Gasteiger partial charge in [0, 0.05) is 5.56 Å². The van der Waals surface area contributed by atoms with Gasteiger partial charge in [-0.25, -0.2) is 4.68 Å². The van der Waals surface area contributed by atoms with Crippen molar-refractivity contribution in [1.82, 2.24) is 25.1 Å². The van der Waals surface area contributed by atoms with Gasteiger partial charge in [0.05, 0.1) is 25.5 Å². The van der Waals surface area contributed by atoms with Crippen LogP contribution in [0.5, 0.6) is 5.75 Å². The third-order valence-corrected chi connectivity index (χ3v) is 4.82. The van der Waals surface area contributed by atoms with E-state index < -0.39 is 0 Å². The molecule has 0 radical (unpaired) electrons. The third-order valence-electron chi connectivity index (χ3n) is 4.82. The molecule has 0 saturated heterocycles. The molecule has 3 heterocycles. The molecular weight excluding hydrogens is 370 g/mol. The van der Waals surface area contributed by atoms with E-state index in [-0.39, 0.29) is 6.10 Å². The van der Waals surface area contributed by atoms with Crippen molar-refractivity contribution >= 4 is 0 Å². The maximum absolute atomic E-state index is 6.07. The molecule has 2 aromatic heterocycles. The van der Waals surface area contributed by atoms with Crippen LogP contribution in [0.25, 0.3) is 23.0 Å². The van der Waals surface area contributed by atoms with E-state index in [1.54, 1.807) is 0 Å². The summed E-state index contributed by atoms with van der Waals surface area (Å²) < 4.78 is 18.8. The second-order valence-corrected chi connectivity index (χ2v) is 6.66. The van der Waals surface area contributed by atoms with E-state index >= 15 is 0 Å². The fourth-order valence-corrected chi connectivity index (χ4v) is 3.35. The van der Waals surface area contributed by atoms with E-state index in [0.717, 1.165) is 22.6 Å². The fourth-order valence-electron chi connectivity index (χ4n) is 3.35. The van der Waals surface area contributed by atoms with Gasteiger partial charge in [-0.15, -0.1) is 5.10 Å². The zero-order valence-corrected chi connectivity index (χ0v) is 15.9. The van der Waals surface area contributed by atoms with Gasteiger partial charge in [0.25, 0.3) is 5.89 Å². The van der Waals surface area contributed by atoms with Gasteiger partial charge in [0.2, 0.25) is 5.82 Å². The van der Waals surface area contributed by atoms with Crippen LogP contribution >= 0.6 is 0 Å². The first-order valence-corrected chi connectivity index (χ1v) is 9.48. The molecular formula is C21H19N5O3. The average molecular weight is 389 g/mol. The molecule has 1 atom stereocenters. The first kappa shape index (κ1) is 17.6. The van der Waals surface area contributed by atoms with Crippen molar-refractivity contribution in [3.05, 3.63) is 65.9 Å². The quantitative estimate of drug-likeness (QED) is 0.515. The molecule has 1 aliphatic heterocycles. The number of fused-ring (bicyclic) bond motifs is 1. The Morgan fingerprint density at radius 1 is 1.10 bits per heavy atom. The van der Waals surface area contributed by atoms with Gasteiger partial charge in [-0.3, -0.25) is 0 Å². The van der Waals surface area contributed by atoms with Crippen molar-refractivity contribution in [1.29, 1.82) is 0 Å². The zero-order valence-electron chi connectivity index (χ0n) is 15.9. The van der Waals surface area contributed by atoms with Crippen LogP contribution in [0.2, 0.25) is 0 Å². The Kier molecular flexibility index (Phi) is 4.53. The third kappa shape index (κ3) is 3.38. The number of hydrogen-bond donors (Lipinski definition) is 0. The van der Waals surface area contributed by atoms with Gasteiger partial charge in [-0.1, -0.05) is 52.8 Å². The van der Waals surface area contributed by atoms with Gasteiger partial charge in [-0.05, 0) is 24.6 Å². The minimum absolute atomic E-state index is 0.102. The lowest BCUT2D eigenvalue weighted by Crippen LogP contribution is -2.22. The molecule has 0 amide bonds. The number of ether oxygens (including phenoxy) is 2. The Labute approximate surface area is 167 Å². The first-order chi connectivity index (χ1) is 14.3. The fraction of sp³-hybridized carbons (Fsp3) is 0.238. The molecule has 8 heteroatoms. The number of hydrogen-bond acceptors (Lipinski definition) is 7. The maximum Gasteiger partial charge on any atom is 0.280 e. The summed E-state index contributed by atoms with van der Waals surface area (Å²) in [6.07, 6.45) is -0.102. The van der Waals surface area contributed by atoms with Crippen molar-refractivity contribution in [3.8, 4) is 28.7 Å². The summed E-state index contributed by atoms with van der Waals surface area (Å²) >= 11 is 0. The summed E-state index contributed by atoms with van der Waals surface area (Å²) in [5, 5.41) is 12.6. The molecule has 1 aliphatic rings. The summed E-state index contributed by atoms with van der Waals surface area (Å²) in [6.45, 7) is 3.54. The Hall–Kier alpha value is -3.52. The Morgan fingerprint density at radius 3 is 2.72 bits per heavy atom. The molecule has 0 aliphatic carbocycles. The molecule has 0 N–H and O–H groups in total. The molecule has 5 rings (SSSR count). The van der Waals surface area contributed by atoms with Gasteiger partial charge >= 0.3 is 0 Å². The maximum atomic E-state index is 6.07.